The SMILES string of the molecule is COCCCNC(=O)c1cc(NC(=O)Cc2ccccc2)ccc1N1CCCC1. The number of carbonyl (C=O) groups excluding carboxylic acids is 2. The molecule has 6 heteroatoms. The molecule has 0 spiro atoms. The Balaban J connectivity index is 1.72. The van der Waals surface area contributed by atoms with Crippen molar-refractivity contribution in [2.24, 2.45) is 0 Å². The maximum Gasteiger partial charge on any atom is 0.253 e. The van der Waals surface area contributed by atoms with Gasteiger partial charge in [0.1, 0.15) is 0 Å². The molecule has 2 N–H and O–H groups in total. The van der Waals surface area contributed by atoms with E-state index < -0.39 is 0 Å². The van der Waals surface area contributed by atoms with E-state index in [1.54, 1.807) is 13.2 Å². The lowest BCUT2D eigenvalue weighted by molar-refractivity contribution is -0.115. The van der Waals surface area contributed by atoms with Gasteiger partial charge in [0.2, 0.25) is 5.91 Å². The van der Waals surface area contributed by atoms with E-state index >= 15 is 0 Å². The molecular weight excluding hydrogens is 366 g/mol. The minimum absolute atomic E-state index is 0.100. The summed E-state index contributed by atoms with van der Waals surface area (Å²) in [6, 6.07) is 15.2. The Bertz CT molecular complexity index is 817. The first kappa shape index (κ1) is 20.9. The molecule has 3 rings (SSSR count). The second-order valence-electron chi connectivity index (χ2n) is 7.24. The number of carbonyl (C=O) groups is 2. The highest BCUT2D eigenvalue weighted by Gasteiger charge is 2.20. The number of hydrogen-bond acceptors (Lipinski definition) is 4. The topological polar surface area (TPSA) is 70.7 Å². The van der Waals surface area contributed by atoms with Crippen molar-refractivity contribution in [2.45, 2.75) is 25.7 Å². The van der Waals surface area contributed by atoms with Crippen molar-refractivity contribution in [3.8, 4) is 0 Å². The standard InChI is InChI=1S/C23H29N3O3/c1-29-15-7-12-24-23(28)20-17-19(10-11-21(20)26-13-5-6-14-26)25-22(27)16-18-8-3-2-4-9-18/h2-4,8-11,17H,5-7,12-16H2,1H3,(H,24,28)(H,25,27). The van der Waals surface area contributed by atoms with Gasteiger partial charge >= 0.3 is 0 Å². The van der Waals surface area contributed by atoms with E-state index in [1.165, 1.54) is 0 Å². The Kier molecular flexibility index (Phi) is 7.64. The van der Waals surface area contributed by atoms with Crippen molar-refractivity contribution in [1.82, 2.24) is 5.32 Å². The predicted molar refractivity (Wildman–Crippen MR) is 115 cm³/mol. The Morgan fingerprint density at radius 2 is 1.83 bits per heavy atom. The summed E-state index contributed by atoms with van der Waals surface area (Å²) in [7, 11) is 1.65. The molecule has 1 aliphatic heterocycles. The number of amides is 2. The fourth-order valence-corrected chi connectivity index (χ4v) is 3.53. The van der Waals surface area contributed by atoms with Crippen molar-refractivity contribution in [2.75, 3.05) is 43.6 Å². The zero-order valence-electron chi connectivity index (χ0n) is 16.9. The molecule has 1 heterocycles. The second kappa shape index (κ2) is 10.6. The van der Waals surface area contributed by atoms with Crippen LogP contribution in [-0.2, 0) is 16.0 Å². The van der Waals surface area contributed by atoms with Crippen molar-refractivity contribution in [3.63, 3.8) is 0 Å². The van der Waals surface area contributed by atoms with Crippen LogP contribution >= 0.6 is 0 Å². The van der Waals surface area contributed by atoms with Crippen LogP contribution in [0, 0.1) is 0 Å². The molecule has 0 aliphatic carbocycles. The van der Waals surface area contributed by atoms with Gasteiger partial charge in [-0.15, -0.1) is 0 Å². The van der Waals surface area contributed by atoms with Crippen molar-refractivity contribution in [1.29, 1.82) is 0 Å². The summed E-state index contributed by atoms with van der Waals surface area (Å²) >= 11 is 0. The molecule has 0 unspecified atom stereocenters. The lowest BCUT2D eigenvalue weighted by Gasteiger charge is -2.22. The van der Waals surface area contributed by atoms with Crippen molar-refractivity contribution < 1.29 is 14.3 Å². The van der Waals surface area contributed by atoms with E-state index in [1.807, 2.05) is 42.5 Å². The largest absolute Gasteiger partial charge is 0.385 e. The summed E-state index contributed by atoms with van der Waals surface area (Å²) in [5.41, 5.74) is 3.11. The molecule has 1 aliphatic rings. The third-order valence-electron chi connectivity index (χ3n) is 4.99. The number of benzene rings is 2. The van der Waals surface area contributed by atoms with Gasteiger partial charge in [-0.3, -0.25) is 9.59 Å². The van der Waals surface area contributed by atoms with Gasteiger partial charge in [0.05, 0.1) is 12.0 Å². The number of hydrogen-bond donors (Lipinski definition) is 2. The monoisotopic (exact) mass is 395 g/mol. The first-order valence-corrected chi connectivity index (χ1v) is 10.2. The molecule has 1 fully saturated rings. The average Bonchev–Trinajstić information content (AvgIpc) is 3.26. The molecule has 2 amide bonds. The van der Waals surface area contributed by atoms with E-state index in [0.717, 1.165) is 43.6 Å². The van der Waals surface area contributed by atoms with Crippen LogP contribution in [-0.4, -0.2) is 45.2 Å². The summed E-state index contributed by atoms with van der Waals surface area (Å²) in [5.74, 6) is -0.223. The Morgan fingerprint density at radius 3 is 2.55 bits per heavy atom. The molecule has 29 heavy (non-hydrogen) atoms. The lowest BCUT2D eigenvalue weighted by atomic mass is 10.1. The van der Waals surface area contributed by atoms with Gasteiger partial charge in [-0.2, -0.15) is 0 Å². The molecule has 2 aromatic carbocycles. The van der Waals surface area contributed by atoms with E-state index in [2.05, 4.69) is 15.5 Å². The van der Waals surface area contributed by atoms with E-state index in [0.29, 0.717) is 30.8 Å². The van der Waals surface area contributed by atoms with E-state index in [9.17, 15) is 9.59 Å². The molecule has 0 radical (unpaired) electrons. The average molecular weight is 396 g/mol. The molecular formula is C23H29N3O3. The van der Waals surface area contributed by atoms with Crippen LogP contribution in [0.1, 0.15) is 35.2 Å². The van der Waals surface area contributed by atoms with Crippen molar-refractivity contribution in [3.05, 3.63) is 59.7 Å². The Morgan fingerprint density at radius 1 is 1.07 bits per heavy atom. The highest BCUT2D eigenvalue weighted by Crippen LogP contribution is 2.27. The van der Waals surface area contributed by atoms with Gasteiger partial charge in [0, 0.05) is 44.7 Å². The highest BCUT2D eigenvalue weighted by atomic mass is 16.5. The predicted octanol–water partition coefficient (Wildman–Crippen LogP) is 3.23. The minimum atomic E-state index is -0.123. The zero-order valence-corrected chi connectivity index (χ0v) is 16.9. The van der Waals surface area contributed by atoms with Crippen molar-refractivity contribution >= 4 is 23.2 Å². The number of ether oxygens (including phenoxy) is 1. The van der Waals surface area contributed by atoms with Crippen LogP contribution in [0.3, 0.4) is 0 Å². The van der Waals surface area contributed by atoms with Gasteiger partial charge < -0.3 is 20.3 Å². The molecule has 154 valence electrons. The van der Waals surface area contributed by atoms with Crippen LogP contribution in [0.15, 0.2) is 48.5 Å². The van der Waals surface area contributed by atoms with Crippen LogP contribution in [0.2, 0.25) is 0 Å². The minimum Gasteiger partial charge on any atom is -0.385 e. The van der Waals surface area contributed by atoms with E-state index in [-0.39, 0.29) is 11.8 Å². The Hall–Kier alpha value is -2.86. The number of anilines is 2. The second-order valence-corrected chi connectivity index (χ2v) is 7.24. The first-order valence-electron chi connectivity index (χ1n) is 10.2. The third-order valence-corrected chi connectivity index (χ3v) is 4.99. The number of nitrogens with zero attached hydrogens (tertiary/aromatic N) is 1. The molecule has 0 atom stereocenters. The van der Waals surface area contributed by atoms with Crippen LogP contribution in [0.25, 0.3) is 0 Å². The van der Waals surface area contributed by atoms with Gasteiger partial charge in [0.15, 0.2) is 0 Å². The summed E-state index contributed by atoms with van der Waals surface area (Å²) in [4.78, 5) is 27.5. The third kappa shape index (κ3) is 6.06. The summed E-state index contributed by atoms with van der Waals surface area (Å²) in [5, 5.41) is 5.88. The normalized spacial score (nSPS) is 13.3. The molecule has 2 aromatic rings. The smallest absolute Gasteiger partial charge is 0.253 e. The fourth-order valence-electron chi connectivity index (χ4n) is 3.53. The molecule has 0 bridgehead atoms. The van der Waals surface area contributed by atoms with Crippen LogP contribution in [0.5, 0.6) is 0 Å². The summed E-state index contributed by atoms with van der Waals surface area (Å²) in [6.45, 7) is 3.05. The van der Waals surface area contributed by atoms with E-state index in [4.69, 9.17) is 4.74 Å². The van der Waals surface area contributed by atoms with Crippen LogP contribution < -0.4 is 15.5 Å². The molecule has 1 saturated heterocycles. The Labute approximate surface area is 172 Å². The van der Waals surface area contributed by atoms with Crippen LogP contribution in [0.4, 0.5) is 11.4 Å². The van der Waals surface area contributed by atoms with Gasteiger partial charge in [-0.25, -0.2) is 0 Å². The zero-order chi connectivity index (χ0) is 20.5. The number of nitrogens with one attached hydrogen (secondary N) is 2. The van der Waals surface area contributed by atoms with Gasteiger partial charge in [0.25, 0.3) is 5.91 Å². The van der Waals surface area contributed by atoms with Gasteiger partial charge in [-0.05, 0) is 43.0 Å². The number of methoxy groups -OCH3 is 1. The molecule has 6 nitrogen and oxygen atoms in total. The molecule has 0 aromatic heterocycles. The number of rotatable bonds is 9. The first-order chi connectivity index (χ1) is 14.2. The fraction of sp³-hybridized carbons (Fsp3) is 0.391. The van der Waals surface area contributed by atoms with Gasteiger partial charge in [-0.1, -0.05) is 30.3 Å². The maximum atomic E-state index is 12.8. The summed E-state index contributed by atoms with van der Waals surface area (Å²) in [6.07, 6.45) is 3.32. The maximum absolute atomic E-state index is 12.8. The summed E-state index contributed by atoms with van der Waals surface area (Å²) < 4.78 is 5.04. The highest BCUT2D eigenvalue weighted by molar-refractivity contribution is 6.02. The molecule has 0 saturated carbocycles. The quantitative estimate of drug-likeness (QED) is 0.640. The lowest BCUT2D eigenvalue weighted by Crippen LogP contribution is -2.29.